The van der Waals surface area contributed by atoms with Crippen molar-refractivity contribution in [2.75, 3.05) is 0 Å². The molecule has 1 N–H and O–H groups in total. The molecule has 0 bridgehead atoms. The van der Waals surface area contributed by atoms with Crippen molar-refractivity contribution in [3.63, 3.8) is 0 Å². The molecule has 18 heavy (non-hydrogen) atoms. The zero-order valence-corrected chi connectivity index (χ0v) is 13.0. The molecule has 102 valence electrons. The molecule has 1 nitrogen and oxygen atoms in total. The van der Waals surface area contributed by atoms with Crippen molar-refractivity contribution in [2.45, 2.75) is 65.5 Å². The maximum absolute atomic E-state index is 3.88. The van der Waals surface area contributed by atoms with Crippen molar-refractivity contribution in [3.05, 3.63) is 22.4 Å². The lowest BCUT2D eigenvalue weighted by Gasteiger charge is -2.42. The van der Waals surface area contributed by atoms with E-state index in [2.05, 4.69) is 49.8 Å². The average Bonchev–Trinajstić information content (AvgIpc) is 2.81. The number of rotatable bonds is 3. The number of hydrogen-bond donors (Lipinski definition) is 1. The quantitative estimate of drug-likeness (QED) is 0.810. The van der Waals surface area contributed by atoms with Crippen molar-refractivity contribution < 1.29 is 0 Å². The zero-order valence-electron chi connectivity index (χ0n) is 12.2. The Hall–Kier alpha value is -0.340. The van der Waals surface area contributed by atoms with Crippen molar-refractivity contribution >= 4 is 11.3 Å². The van der Waals surface area contributed by atoms with Crippen LogP contribution in [0.5, 0.6) is 0 Å². The van der Waals surface area contributed by atoms with Crippen LogP contribution in [-0.4, -0.2) is 6.04 Å². The smallest absolute Gasteiger partial charge is 0.0302 e. The maximum atomic E-state index is 3.88. The summed E-state index contributed by atoms with van der Waals surface area (Å²) in [6.45, 7) is 9.49. The van der Waals surface area contributed by atoms with Gasteiger partial charge >= 0.3 is 0 Å². The molecule has 1 aliphatic rings. The van der Waals surface area contributed by atoms with Gasteiger partial charge in [0, 0.05) is 12.1 Å². The van der Waals surface area contributed by atoms with Crippen LogP contribution in [0.2, 0.25) is 0 Å². The first kappa shape index (κ1) is 14.1. The molecule has 3 unspecified atom stereocenters. The predicted molar refractivity (Wildman–Crippen MR) is 81.1 cm³/mol. The summed E-state index contributed by atoms with van der Waals surface area (Å²) in [6, 6.07) is 3.43. The Balaban J connectivity index is 2.01. The summed E-state index contributed by atoms with van der Waals surface area (Å²) < 4.78 is 0. The topological polar surface area (TPSA) is 12.0 Å². The lowest BCUT2D eigenvalue weighted by Crippen LogP contribution is -2.45. The summed E-state index contributed by atoms with van der Waals surface area (Å²) >= 11 is 1.80. The highest BCUT2D eigenvalue weighted by atomic mass is 32.1. The van der Waals surface area contributed by atoms with E-state index >= 15 is 0 Å². The fourth-order valence-corrected chi connectivity index (χ4v) is 4.06. The molecule has 0 spiro atoms. The van der Waals surface area contributed by atoms with E-state index in [1.165, 1.54) is 31.2 Å². The molecule has 1 aromatic rings. The average molecular weight is 265 g/mol. The predicted octanol–water partition coefficient (Wildman–Crippen LogP) is 5.00. The summed E-state index contributed by atoms with van der Waals surface area (Å²) in [5.74, 6) is 0.812. The van der Waals surface area contributed by atoms with Gasteiger partial charge in [0.15, 0.2) is 0 Å². The second-order valence-electron chi connectivity index (χ2n) is 6.81. The maximum Gasteiger partial charge on any atom is 0.0302 e. The largest absolute Gasteiger partial charge is 0.307 e. The van der Waals surface area contributed by atoms with Crippen LogP contribution in [-0.2, 0) is 0 Å². The third-order valence-electron chi connectivity index (χ3n) is 4.39. The third-order valence-corrected chi connectivity index (χ3v) is 5.09. The van der Waals surface area contributed by atoms with Crippen LogP contribution in [0.4, 0.5) is 0 Å². The van der Waals surface area contributed by atoms with Gasteiger partial charge in [-0.25, -0.2) is 0 Å². The van der Waals surface area contributed by atoms with Crippen LogP contribution in [0.3, 0.4) is 0 Å². The van der Waals surface area contributed by atoms with Gasteiger partial charge in [0.05, 0.1) is 0 Å². The highest BCUT2D eigenvalue weighted by molar-refractivity contribution is 7.07. The van der Waals surface area contributed by atoms with Crippen LogP contribution in [0.1, 0.15) is 65.0 Å². The number of nitrogens with one attached hydrogen (secondary N) is 1. The molecule has 2 rings (SSSR count). The highest BCUT2D eigenvalue weighted by Crippen LogP contribution is 2.38. The first-order chi connectivity index (χ1) is 8.48. The van der Waals surface area contributed by atoms with Gasteiger partial charge in [0.25, 0.3) is 0 Å². The van der Waals surface area contributed by atoms with Gasteiger partial charge in [-0.15, -0.1) is 0 Å². The lowest BCUT2D eigenvalue weighted by molar-refractivity contribution is 0.124. The molecule has 1 aromatic heterocycles. The molecule has 0 aromatic carbocycles. The summed E-state index contributed by atoms with van der Waals surface area (Å²) in [6.07, 6.45) is 5.53. The van der Waals surface area contributed by atoms with Gasteiger partial charge in [0.2, 0.25) is 0 Å². The standard InChI is InChI=1S/C16H27NS/c1-12(13-9-10-18-11-13)17-15-8-6-5-7-14(15)16(2,3)4/h9-12,14-15,17H,5-8H2,1-4H3. The van der Waals surface area contributed by atoms with Gasteiger partial charge in [-0.2, -0.15) is 11.3 Å². The van der Waals surface area contributed by atoms with E-state index in [-0.39, 0.29) is 0 Å². The van der Waals surface area contributed by atoms with E-state index in [9.17, 15) is 0 Å². The first-order valence-corrected chi connectivity index (χ1v) is 8.21. The number of thiophene rings is 1. The minimum atomic E-state index is 0.423. The fraction of sp³-hybridized carbons (Fsp3) is 0.750. The molecule has 0 amide bonds. The molecule has 1 fully saturated rings. The molecular formula is C16H27NS. The normalized spacial score (nSPS) is 27.1. The molecular weight excluding hydrogens is 238 g/mol. The monoisotopic (exact) mass is 265 g/mol. The Morgan fingerprint density at radius 2 is 2.00 bits per heavy atom. The van der Waals surface area contributed by atoms with E-state index in [0.717, 1.165) is 5.92 Å². The van der Waals surface area contributed by atoms with E-state index in [1.54, 1.807) is 11.3 Å². The van der Waals surface area contributed by atoms with Crippen molar-refractivity contribution in [1.82, 2.24) is 5.32 Å². The number of hydrogen-bond acceptors (Lipinski definition) is 2. The molecule has 3 atom stereocenters. The van der Waals surface area contributed by atoms with Gasteiger partial charge in [-0.1, -0.05) is 33.6 Å². The Labute approximate surface area is 116 Å². The van der Waals surface area contributed by atoms with Crippen LogP contribution >= 0.6 is 11.3 Å². The minimum Gasteiger partial charge on any atom is -0.307 e. The Morgan fingerprint density at radius 1 is 1.28 bits per heavy atom. The summed E-state index contributed by atoms with van der Waals surface area (Å²) in [5.41, 5.74) is 1.87. The summed E-state index contributed by atoms with van der Waals surface area (Å²) in [7, 11) is 0. The Bertz CT molecular complexity index is 350. The van der Waals surface area contributed by atoms with E-state index in [1.807, 2.05) is 0 Å². The van der Waals surface area contributed by atoms with E-state index < -0.39 is 0 Å². The molecule has 1 aliphatic carbocycles. The second kappa shape index (κ2) is 5.75. The molecule has 1 heterocycles. The van der Waals surface area contributed by atoms with Gasteiger partial charge < -0.3 is 5.32 Å². The lowest BCUT2D eigenvalue weighted by atomic mass is 9.69. The molecule has 2 heteroatoms. The fourth-order valence-electron chi connectivity index (χ4n) is 3.31. The van der Waals surface area contributed by atoms with Gasteiger partial charge in [0.1, 0.15) is 0 Å². The van der Waals surface area contributed by atoms with Gasteiger partial charge in [-0.05, 0) is 53.5 Å². The Morgan fingerprint density at radius 3 is 2.61 bits per heavy atom. The molecule has 0 radical (unpaired) electrons. The first-order valence-electron chi connectivity index (χ1n) is 7.26. The highest BCUT2D eigenvalue weighted by Gasteiger charge is 2.34. The van der Waals surface area contributed by atoms with Crippen LogP contribution in [0.25, 0.3) is 0 Å². The van der Waals surface area contributed by atoms with E-state index in [4.69, 9.17) is 0 Å². The Kier molecular flexibility index (Phi) is 4.50. The zero-order chi connectivity index (χ0) is 13.2. The summed E-state index contributed by atoms with van der Waals surface area (Å²) in [4.78, 5) is 0. The SMILES string of the molecule is CC(NC1CCCCC1C(C)(C)C)c1ccsc1. The second-order valence-corrected chi connectivity index (χ2v) is 7.59. The minimum absolute atomic E-state index is 0.423. The third kappa shape index (κ3) is 3.36. The van der Waals surface area contributed by atoms with Gasteiger partial charge in [-0.3, -0.25) is 0 Å². The van der Waals surface area contributed by atoms with Crippen LogP contribution < -0.4 is 5.32 Å². The van der Waals surface area contributed by atoms with Crippen molar-refractivity contribution in [1.29, 1.82) is 0 Å². The van der Waals surface area contributed by atoms with Crippen molar-refractivity contribution in [3.8, 4) is 0 Å². The molecule has 0 saturated heterocycles. The summed E-state index contributed by atoms with van der Waals surface area (Å²) in [5, 5.41) is 8.33. The van der Waals surface area contributed by atoms with Crippen LogP contribution in [0.15, 0.2) is 16.8 Å². The molecule has 1 saturated carbocycles. The van der Waals surface area contributed by atoms with E-state index in [0.29, 0.717) is 17.5 Å². The molecule has 0 aliphatic heterocycles. The van der Waals surface area contributed by atoms with Crippen molar-refractivity contribution in [2.24, 2.45) is 11.3 Å². The van der Waals surface area contributed by atoms with Crippen LogP contribution in [0, 0.1) is 11.3 Å².